The molecule has 0 saturated heterocycles. The molecule has 0 aromatic heterocycles. The van der Waals surface area contributed by atoms with Crippen LogP contribution in [0.25, 0.3) is 6.08 Å². The fraction of sp³-hybridized carbons (Fsp3) is 0.286. The van der Waals surface area contributed by atoms with Gasteiger partial charge in [-0.1, -0.05) is 36.9 Å². The molecule has 0 unspecified atom stereocenters. The van der Waals surface area contributed by atoms with E-state index < -0.39 is 0 Å². The zero-order valence-electron chi connectivity index (χ0n) is 15.0. The van der Waals surface area contributed by atoms with Crippen LogP contribution in [0.2, 0.25) is 0 Å². The van der Waals surface area contributed by atoms with E-state index in [-0.39, 0.29) is 5.97 Å². The average molecular weight is 340 g/mol. The minimum atomic E-state index is -0.201. The number of aryl methyl sites for hydroxylation is 1. The summed E-state index contributed by atoms with van der Waals surface area (Å²) in [6, 6.07) is 12.0. The van der Waals surface area contributed by atoms with Crippen molar-refractivity contribution in [2.45, 2.75) is 19.3 Å². The van der Waals surface area contributed by atoms with Gasteiger partial charge < -0.3 is 14.2 Å². The average Bonchev–Trinajstić information content (AvgIpc) is 2.65. The summed E-state index contributed by atoms with van der Waals surface area (Å²) in [6.45, 7) is 3.84. The van der Waals surface area contributed by atoms with E-state index in [0.717, 1.165) is 33.8 Å². The van der Waals surface area contributed by atoms with E-state index in [4.69, 9.17) is 14.2 Å². The molecule has 0 aliphatic carbocycles. The minimum Gasteiger partial charge on any atom is -0.496 e. The topological polar surface area (TPSA) is 44.8 Å². The van der Waals surface area contributed by atoms with Crippen LogP contribution in [0.4, 0.5) is 0 Å². The first-order valence-electron chi connectivity index (χ1n) is 8.13. The molecule has 0 atom stereocenters. The number of benzene rings is 2. The van der Waals surface area contributed by atoms with Crippen molar-refractivity contribution in [3.8, 4) is 11.5 Å². The molecule has 0 heterocycles. The number of esters is 1. The Bertz CT molecular complexity index is 750. The lowest BCUT2D eigenvalue weighted by atomic mass is 9.97. The Labute approximate surface area is 149 Å². The van der Waals surface area contributed by atoms with Crippen LogP contribution < -0.4 is 9.47 Å². The first kappa shape index (κ1) is 18.6. The second-order valence-electron chi connectivity index (χ2n) is 5.65. The number of carbonyl (C=O) groups is 1. The van der Waals surface area contributed by atoms with E-state index in [1.807, 2.05) is 24.3 Å². The van der Waals surface area contributed by atoms with Gasteiger partial charge in [0.1, 0.15) is 11.5 Å². The lowest BCUT2D eigenvalue weighted by molar-refractivity contribution is -0.140. The highest BCUT2D eigenvalue weighted by molar-refractivity contribution is 5.69. The molecule has 0 N–H and O–H groups in total. The molecule has 0 spiro atoms. The predicted octanol–water partition coefficient (Wildman–Crippen LogP) is 4.04. The Morgan fingerprint density at radius 1 is 1.08 bits per heavy atom. The van der Waals surface area contributed by atoms with Crippen molar-refractivity contribution in [3.63, 3.8) is 0 Å². The first-order valence-corrected chi connectivity index (χ1v) is 8.13. The van der Waals surface area contributed by atoms with E-state index in [1.54, 1.807) is 20.3 Å². The molecule has 0 bridgehead atoms. The van der Waals surface area contributed by atoms with Gasteiger partial charge >= 0.3 is 5.97 Å². The van der Waals surface area contributed by atoms with Crippen LogP contribution in [0, 0.1) is 0 Å². The van der Waals surface area contributed by atoms with Gasteiger partial charge in [0.25, 0.3) is 0 Å². The van der Waals surface area contributed by atoms with Crippen molar-refractivity contribution in [2.75, 3.05) is 21.3 Å². The summed E-state index contributed by atoms with van der Waals surface area (Å²) in [5.74, 6) is 1.35. The summed E-state index contributed by atoms with van der Waals surface area (Å²) in [4.78, 5) is 11.3. The van der Waals surface area contributed by atoms with Crippen molar-refractivity contribution in [1.29, 1.82) is 0 Å². The molecule has 132 valence electrons. The Morgan fingerprint density at radius 3 is 2.48 bits per heavy atom. The highest BCUT2D eigenvalue weighted by atomic mass is 16.5. The first-order chi connectivity index (χ1) is 12.1. The Balaban J connectivity index is 2.30. The van der Waals surface area contributed by atoms with Crippen LogP contribution in [0.15, 0.2) is 43.0 Å². The summed E-state index contributed by atoms with van der Waals surface area (Å²) in [6.07, 6.45) is 3.47. The van der Waals surface area contributed by atoms with Crippen molar-refractivity contribution >= 4 is 12.0 Å². The molecule has 25 heavy (non-hydrogen) atoms. The van der Waals surface area contributed by atoms with Gasteiger partial charge in [-0.25, -0.2) is 0 Å². The number of ether oxygens (including phenoxy) is 3. The fourth-order valence-corrected chi connectivity index (χ4v) is 2.84. The summed E-state index contributed by atoms with van der Waals surface area (Å²) in [5, 5.41) is 0. The molecular weight excluding hydrogens is 316 g/mol. The third kappa shape index (κ3) is 4.63. The molecule has 0 fully saturated rings. The molecular formula is C21H24O4. The Morgan fingerprint density at radius 2 is 1.84 bits per heavy atom. The quantitative estimate of drug-likeness (QED) is 0.680. The molecule has 2 rings (SSSR count). The summed E-state index contributed by atoms with van der Waals surface area (Å²) >= 11 is 0. The largest absolute Gasteiger partial charge is 0.496 e. The van der Waals surface area contributed by atoms with E-state index >= 15 is 0 Å². The molecule has 0 aliphatic heterocycles. The summed E-state index contributed by atoms with van der Waals surface area (Å²) in [7, 11) is 4.71. The Kier molecular flexibility index (Phi) is 6.63. The van der Waals surface area contributed by atoms with Crippen LogP contribution >= 0.6 is 0 Å². The molecule has 2 aromatic rings. The lowest BCUT2D eigenvalue weighted by Crippen LogP contribution is -2.03. The maximum atomic E-state index is 11.3. The van der Waals surface area contributed by atoms with E-state index in [2.05, 4.69) is 18.7 Å². The van der Waals surface area contributed by atoms with Gasteiger partial charge in [-0.2, -0.15) is 0 Å². The van der Waals surface area contributed by atoms with E-state index in [0.29, 0.717) is 19.3 Å². The van der Waals surface area contributed by atoms with Crippen molar-refractivity contribution in [3.05, 3.63) is 65.2 Å². The number of rotatable bonds is 8. The molecule has 0 amide bonds. The van der Waals surface area contributed by atoms with Crippen molar-refractivity contribution in [2.24, 2.45) is 0 Å². The Hall–Kier alpha value is -2.75. The number of hydrogen-bond acceptors (Lipinski definition) is 4. The molecule has 0 radical (unpaired) electrons. The second-order valence-corrected chi connectivity index (χ2v) is 5.65. The fourth-order valence-electron chi connectivity index (χ4n) is 2.84. The molecule has 0 aliphatic rings. The third-order valence-electron chi connectivity index (χ3n) is 4.11. The highest BCUT2D eigenvalue weighted by Crippen LogP contribution is 2.34. The van der Waals surface area contributed by atoms with Crippen LogP contribution in [-0.4, -0.2) is 27.3 Å². The molecule has 2 aromatic carbocycles. The maximum Gasteiger partial charge on any atom is 0.305 e. The maximum absolute atomic E-state index is 11.3. The SMILES string of the molecule is C=Cc1ccc(OC)c(Cc2cccc(CCC(=O)OC)c2)c1OC. The van der Waals surface area contributed by atoms with Crippen LogP contribution in [-0.2, 0) is 22.4 Å². The monoisotopic (exact) mass is 340 g/mol. The van der Waals surface area contributed by atoms with Crippen molar-refractivity contribution < 1.29 is 19.0 Å². The minimum absolute atomic E-state index is 0.201. The lowest BCUT2D eigenvalue weighted by Gasteiger charge is -2.16. The molecule has 4 heteroatoms. The second kappa shape index (κ2) is 8.92. The standard InChI is InChI=1S/C21H24O4/c1-5-17-10-11-19(23-2)18(21(17)25-4)14-16-8-6-7-15(13-16)9-12-20(22)24-3/h5-8,10-11,13H,1,9,12,14H2,2-4H3. The van der Waals surface area contributed by atoms with Gasteiger partial charge in [0.2, 0.25) is 0 Å². The third-order valence-corrected chi connectivity index (χ3v) is 4.11. The van der Waals surface area contributed by atoms with Gasteiger partial charge in [0.15, 0.2) is 0 Å². The van der Waals surface area contributed by atoms with Crippen LogP contribution in [0.3, 0.4) is 0 Å². The summed E-state index contributed by atoms with van der Waals surface area (Å²) < 4.78 is 15.8. The molecule has 0 saturated carbocycles. The van der Waals surface area contributed by atoms with Crippen LogP contribution in [0.5, 0.6) is 11.5 Å². The van der Waals surface area contributed by atoms with Gasteiger partial charge in [0, 0.05) is 24.0 Å². The number of carbonyl (C=O) groups excluding carboxylic acids is 1. The zero-order valence-corrected chi connectivity index (χ0v) is 15.0. The van der Waals surface area contributed by atoms with Gasteiger partial charge in [-0.05, 0) is 29.7 Å². The molecule has 4 nitrogen and oxygen atoms in total. The van der Waals surface area contributed by atoms with Gasteiger partial charge in [-0.15, -0.1) is 0 Å². The predicted molar refractivity (Wildman–Crippen MR) is 99.2 cm³/mol. The van der Waals surface area contributed by atoms with E-state index in [1.165, 1.54) is 7.11 Å². The van der Waals surface area contributed by atoms with Gasteiger partial charge in [0.05, 0.1) is 21.3 Å². The highest BCUT2D eigenvalue weighted by Gasteiger charge is 2.14. The zero-order chi connectivity index (χ0) is 18.2. The van der Waals surface area contributed by atoms with E-state index in [9.17, 15) is 4.79 Å². The number of methoxy groups -OCH3 is 3. The van der Waals surface area contributed by atoms with Crippen LogP contribution in [0.1, 0.15) is 28.7 Å². The number of hydrogen-bond donors (Lipinski definition) is 0. The summed E-state index contributed by atoms with van der Waals surface area (Å²) in [5.41, 5.74) is 4.13. The normalized spacial score (nSPS) is 10.2. The smallest absolute Gasteiger partial charge is 0.305 e. The van der Waals surface area contributed by atoms with Gasteiger partial charge in [-0.3, -0.25) is 4.79 Å². The van der Waals surface area contributed by atoms with Crippen molar-refractivity contribution in [1.82, 2.24) is 0 Å².